The number of nitrogens with zero attached hydrogens (tertiary/aromatic N) is 2. The van der Waals surface area contributed by atoms with Crippen molar-refractivity contribution in [3.63, 3.8) is 0 Å². The number of esters is 1. The Morgan fingerprint density at radius 1 is 1.12 bits per heavy atom. The zero-order valence-corrected chi connectivity index (χ0v) is 20.0. The third kappa shape index (κ3) is 6.30. The summed E-state index contributed by atoms with van der Waals surface area (Å²) < 4.78 is 16.8. The molecule has 0 aromatic heterocycles. The second kappa shape index (κ2) is 11.4. The number of benzene rings is 1. The maximum Gasteiger partial charge on any atom is 0.315 e. The molecular weight excluding hydrogens is 408 g/mol. The molecule has 1 aromatic rings. The summed E-state index contributed by atoms with van der Waals surface area (Å²) in [6.07, 6.45) is 5.55. The van der Waals surface area contributed by atoms with Gasteiger partial charge in [0, 0.05) is 37.4 Å². The van der Waals surface area contributed by atoms with E-state index in [9.17, 15) is 9.59 Å². The van der Waals surface area contributed by atoms with Crippen LogP contribution in [0.4, 0.5) is 5.69 Å². The number of rotatable bonds is 9. The van der Waals surface area contributed by atoms with E-state index in [2.05, 4.69) is 30.9 Å². The van der Waals surface area contributed by atoms with Crippen molar-refractivity contribution in [1.29, 1.82) is 0 Å². The van der Waals surface area contributed by atoms with Crippen LogP contribution in [0.5, 0.6) is 11.5 Å². The molecule has 0 bridgehead atoms. The van der Waals surface area contributed by atoms with Crippen molar-refractivity contribution in [1.82, 2.24) is 4.90 Å². The van der Waals surface area contributed by atoms with Gasteiger partial charge in [0.15, 0.2) is 11.5 Å². The van der Waals surface area contributed by atoms with E-state index in [1.807, 2.05) is 11.0 Å². The van der Waals surface area contributed by atoms with E-state index in [1.54, 1.807) is 14.0 Å². The fourth-order valence-electron chi connectivity index (χ4n) is 4.74. The lowest BCUT2D eigenvalue weighted by atomic mass is 9.99. The van der Waals surface area contributed by atoms with E-state index in [4.69, 9.17) is 14.2 Å². The zero-order valence-electron chi connectivity index (χ0n) is 20.0. The third-order valence-corrected chi connectivity index (χ3v) is 6.26. The molecule has 1 aromatic carbocycles. The molecule has 0 spiro atoms. The number of methoxy groups -OCH3 is 1. The lowest BCUT2D eigenvalue weighted by Gasteiger charge is -2.43. The normalized spacial score (nSPS) is 19.3. The summed E-state index contributed by atoms with van der Waals surface area (Å²) in [7, 11) is 1.67. The zero-order chi connectivity index (χ0) is 23.1. The Balaban J connectivity index is 1.73. The van der Waals surface area contributed by atoms with Gasteiger partial charge in [0.05, 0.1) is 19.8 Å². The molecule has 1 amide bonds. The molecule has 2 aliphatic rings. The molecule has 1 saturated heterocycles. The maximum absolute atomic E-state index is 12.8. The average molecular weight is 447 g/mol. The minimum atomic E-state index is -0.452. The second-order valence-corrected chi connectivity index (χ2v) is 9.16. The van der Waals surface area contributed by atoms with Crippen LogP contribution < -0.4 is 14.4 Å². The molecule has 1 saturated carbocycles. The van der Waals surface area contributed by atoms with Gasteiger partial charge in [-0.1, -0.05) is 13.8 Å². The summed E-state index contributed by atoms with van der Waals surface area (Å²) in [6.45, 7) is 8.38. The minimum Gasteiger partial charge on any atom is -0.493 e. The quantitative estimate of drug-likeness (QED) is 0.421. The van der Waals surface area contributed by atoms with Crippen LogP contribution in [-0.4, -0.2) is 62.3 Å². The number of carbonyl (C=O) groups excluding carboxylic acids is 2. The van der Waals surface area contributed by atoms with Crippen LogP contribution in [-0.2, 0) is 14.3 Å². The first kappa shape index (κ1) is 24.2. The van der Waals surface area contributed by atoms with Crippen LogP contribution in [0.25, 0.3) is 0 Å². The number of anilines is 1. The van der Waals surface area contributed by atoms with Gasteiger partial charge in [0.2, 0.25) is 5.91 Å². The highest BCUT2D eigenvalue weighted by Gasteiger charge is 2.32. The van der Waals surface area contributed by atoms with Gasteiger partial charge < -0.3 is 24.0 Å². The molecule has 1 aliphatic heterocycles. The molecule has 3 rings (SSSR count). The monoisotopic (exact) mass is 446 g/mol. The molecule has 1 atom stereocenters. The van der Waals surface area contributed by atoms with Crippen molar-refractivity contribution in [2.24, 2.45) is 5.92 Å². The number of ether oxygens (including phenoxy) is 3. The van der Waals surface area contributed by atoms with Gasteiger partial charge in [-0.25, -0.2) is 0 Å². The Kier molecular flexibility index (Phi) is 8.65. The summed E-state index contributed by atoms with van der Waals surface area (Å²) in [5.41, 5.74) is 1.07. The maximum atomic E-state index is 12.8. The van der Waals surface area contributed by atoms with Gasteiger partial charge in [-0.05, 0) is 57.1 Å². The first-order chi connectivity index (χ1) is 15.4. The third-order valence-electron chi connectivity index (χ3n) is 6.26. The smallest absolute Gasteiger partial charge is 0.315 e. The fourth-order valence-corrected chi connectivity index (χ4v) is 4.74. The Hall–Kier alpha value is -2.44. The summed E-state index contributed by atoms with van der Waals surface area (Å²) in [4.78, 5) is 28.8. The Labute approximate surface area is 192 Å². The molecule has 0 radical (unpaired) electrons. The summed E-state index contributed by atoms with van der Waals surface area (Å²) in [6, 6.07) is 6.14. The Morgan fingerprint density at radius 2 is 1.88 bits per heavy atom. The predicted octanol–water partition coefficient (Wildman–Crippen LogP) is 4.03. The summed E-state index contributed by atoms with van der Waals surface area (Å²) >= 11 is 0. The molecule has 1 heterocycles. The van der Waals surface area contributed by atoms with E-state index < -0.39 is 5.97 Å². The van der Waals surface area contributed by atoms with E-state index in [0.717, 1.165) is 43.0 Å². The molecule has 32 heavy (non-hydrogen) atoms. The standard InChI is InChI=1S/C25H38N2O5/c1-5-31-25(29)16-24(28)27-13-12-26(17-20(27)14-18(2)3)19-10-11-22(30-4)23(15-19)32-21-8-6-7-9-21/h10-11,15,18,20-21H,5-9,12-14,16-17H2,1-4H3. The van der Waals surface area contributed by atoms with Crippen molar-refractivity contribution in [2.75, 3.05) is 38.3 Å². The Morgan fingerprint density at radius 3 is 2.53 bits per heavy atom. The molecule has 7 nitrogen and oxygen atoms in total. The highest BCUT2D eigenvalue weighted by atomic mass is 16.5. The topological polar surface area (TPSA) is 68.3 Å². The highest BCUT2D eigenvalue weighted by Crippen LogP contribution is 2.36. The van der Waals surface area contributed by atoms with E-state index in [0.29, 0.717) is 19.0 Å². The van der Waals surface area contributed by atoms with Crippen LogP contribution in [0.3, 0.4) is 0 Å². The van der Waals surface area contributed by atoms with Crippen molar-refractivity contribution < 1.29 is 23.8 Å². The molecule has 7 heteroatoms. The number of hydrogen-bond donors (Lipinski definition) is 0. The molecule has 1 unspecified atom stereocenters. The van der Waals surface area contributed by atoms with E-state index in [-0.39, 0.29) is 31.1 Å². The summed E-state index contributed by atoms with van der Waals surface area (Å²) in [5.74, 6) is 1.39. The first-order valence-corrected chi connectivity index (χ1v) is 12.0. The van der Waals surface area contributed by atoms with Crippen molar-refractivity contribution in [2.45, 2.75) is 71.4 Å². The predicted molar refractivity (Wildman–Crippen MR) is 124 cm³/mol. The van der Waals surface area contributed by atoms with Gasteiger partial charge in [0.1, 0.15) is 6.42 Å². The average Bonchev–Trinajstić information content (AvgIpc) is 3.26. The fraction of sp³-hybridized carbons (Fsp3) is 0.680. The molecular formula is C25H38N2O5. The van der Waals surface area contributed by atoms with E-state index in [1.165, 1.54) is 12.8 Å². The molecule has 2 fully saturated rings. The number of carbonyl (C=O) groups is 2. The lowest BCUT2D eigenvalue weighted by molar-refractivity contribution is -0.149. The molecule has 178 valence electrons. The van der Waals surface area contributed by atoms with Crippen molar-refractivity contribution in [3.8, 4) is 11.5 Å². The summed E-state index contributed by atoms with van der Waals surface area (Å²) in [5, 5.41) is 0. The van der Waals surface area contributed by atoms with Crippen LogP contribution in [0, 0.1) is 5.92 Å². The SMILES string of the molecule is CCOC(=O)CC(=O)N1CCN(c2ccc(OC)c(OC3CCCC3)c2)CC1CC(C)C. The number of hydrogen-bond acceptors (Lipinski definition) is 6. The van der Waals surface area contributed by atoms with Crippen molar-refractivity contribution >= 4 is 17.6 Å². The van der Waals surface area contributed by atoms with Crippen LogP contribution in [0.2, 0.25) is 0 Å². The number of piperazine rings is 1. The minimum absolute atomic E-state index is 0.0481. The van der Waals surface area contributed by atoms with Gasteiger partial charge >= 0.3 is 5.97 Å². The first-order valence-electron chi connectivity index (χ1n) is 12.0. The van der Waals surface area contributed by atoms with Crippen LogP contribution in [0.1, 0.15) is 59.3 Å². The highest BCUT2D eigenvalue weighted by molar-refractivity contribution is 5.94. The van der Waals surface area contributed by atoms with Gasteiger partial charge in [-0.15, -0.1) is 0 Å². The molecule has 0 N–H and O–H groups in total. The van der Waals surface area contributed by atoms with Gasteiger partial charge in [-0.3, -0.25) is 9.59 Å². The largest absolute Gasteiger partial charge is 0.493 e. The molecule has 1 aliphatic carbocycles. The lowest BCUT2D eigenvalue weighted by Crippen LogP contribution is -2.56. The van der Waals surface area contributed by atoms with Crippen molar-refractivity contribution in [3.05, 3.63) is 18.2 Å². The second-order valence-electron chi connectivity index (χ2n) is 9.16. The number of amides is 1. The van der Waals surface area contributed by atoms with Crippen LogP contribution >= 0.6 is 0 Å². The van der Waals surface area contributed by atoms with Gasteiger partial charge in [0.25, 0.3) is 0 Å². The van der Waals surface area contributed by atoms with E-state index >= 15 is 0 Å². The Bertz CT molecular complexity index is 776. The van der Waals surface area contributed by atoms with Crippen LogP contribution in [0.15, 0.2) is 18.2 Å². The van der Waals surface area contributed by atoms with Gasteiger partial charge in [-0.2, -0.15) is 0 Å².